The zero-order chi connectivity index (χ0) is 31.2. The van der Waals surface area contributed by atoms with Gasteiger partial charge in [-0.3, -0.25) is 9.36 Å². The molecule has 0 saturated carbocycles. The van der Waals surface area contributed by atoms with Crippen molar-refractivity contribution in [2.75, 3.05) is 27.4 Å². The number of benzene rings is 3. The molecule has 2 heterocycles. The first-order valence-electron chi connectivity index (χ1n) is 13.9. The predicted octanol–water partition coefficient (Wildman–Crippen LogP) is 4.54. The van der Waals surface area contributed by atoms with Crippen molar-refractivity contribution in [2.24, 2.45) is 4.99 Å². The van der Waals surface area contributed by atoms with Gasteiger partial charge in [0.15, 0.2) is 27.8 Å². The molecule has 11 heteroatoms. The highest BCUT2D eigenvalue weighted by molar-refractivity contribution is 7.07. The van der Waals surface area contributed by atoms with Crippen molar-refractivity contribution in [3.05, 3.63) is 115 Å². The van der Waals surface area contributed by atoms with Crippen LogP contribution in [0.25, 0.3) is 6.08 Å². The fraction of sp³-hybridized carbons (Fsp3) is 0.242. The van der Waals surface area contributed by atoms with Crippen molar-refractivity contribution in [1.29, 1.82) is 0 Å². The third-order valence-electron chi connectivity index (χ3n) is 6.80. The van der Waals surface area contributed by atoms with Crippen LogP contribution in [0.15, 0.2) is 82.2 Å². The number of nitrogens with zero attached hydrogens (tertiary/aromatic N) is 2. The zero-order valence-electron chi connectivity index (χ0n) is 24.7. The first kappa shape index (κ1) is 30.6. The lowest BCUT2D eigenvalue weighted by Crippen LogP contribution is -2.39. The predicted molar refractivity (Wildman–Crippen MR) is 164 cm³/mol. The highest BCUT2D eigenvalue weighted by Crippen LogP contribution is 2.35. The number of rotatable bonds is 11. The molecule has 0 bridgehead atoms. The van der Waals surface area contributed by atoms with Crippen molar-refractivity contribution >= 4 is 23.4 Å². The van der Waals surface area contributed by atoms with E-state index in [0.717, 1.165) is 5.56 Å². The van der Waals surface area contributed by atoms with Gasteiger partial charge in [-0.25, -0.2) is 14.2 Å². The Morgan fingerprint density at radius 3 is 2.34 bits per heavy atom. The van der Waals surface area contributed by atoms with E-state index in [0.29, 0.717) is 56.7 Å². The second-order valence-electron chi connectivity index (χ2n) is 9.57. The fourth-order valence-electron chi connectivity index (χ4n) is 4.77. The number of ether oxygens (including phenoxy) is 5. The van der Waals surface area contributed by atoms with E-state index < -0.39 is 12.0 Å². The van der Waals surface area contributed by atoms with E-state index in [-0.39, 0.29) is 23.6 Å². The van der Waals surface area contributed by atoms with Gasteiger partial charge in [0.1, 0.15) is 12.4 Å². The highest BCUT2D eigenvalue weighted by atomic mass is 32.1. The summed E-state index contributed by atoms with van der Waals surface area (Å²) in [5, 5.41) is 0. The average Bonchev–Trinajstić information content (AvgIpc) is 3.35. The Morgan fingerprint density at radius 2 is 1.64 bits per heavy atom. The molecule has 1 aromatic heterocycles. The molecular formula is C33H31FN2O7S. The molecule has 1 aliphatic heterocycles. The van der Waals surface area contributed by atoms with Crippen molar-refractivity contribution < 1.29 is 32.9 Å². The van der Waals surface area contributed by atoms with E-state index in [2.05, 4.69) is 4.99 Å². The maximum Gasteiger partial charge on any atom is 0.337 e. The van der Waals surface area contributed by atoms with Gasteiger partial charge in [0.2, 0.25) is 0 Å². The van der Waals surface area contributed by atoms with Gasteiger partial charge in [-0.05, 0) is 73.0 Å². The molecule has 3 aromatic carbocycles. The molecule has 0 spiro atoms. The normalized spacial score (nSPS) is 14.2. The minimum absolute atomic E-state index is 0.211. The molecule has 9 nitrogen and oxygen atoms in total. The van der Waals surface area contributed by atoms with Gasteiger partial charge in [0, 0.05) is 6.20 Å². The van der Waals surface area contributed by atoms with E-state index >= 15 is 0 Å². The summed E-state index contributed by atoms with van der Waals surface area (Å²) in [7, 11) is 2.81. The number of carbonyl (C=O) groups is 1. The molecular weight excluding hydrogens is 587 g/mol. The largest absolute Gasteiger partial charge is 0.493 e. The summed E-state index contributed by atoms with van der Waals surface area (Å²) in [6.07, 6.45) is 3.18. The number of hydrogen-bond acceptors (Lipinski definition) is 9. The summed E-state index contributed by atoms with van der Waals surface area (Å²) < 4.78 is 43.1. The Hall–Kier alpha value is -4.90. The zero-order valence-corrected chi connectivity index (χ0v) is 25.5. The van der Waals surface area contributed by atoms with E-state index in [9.17, 15) is 14.0 Å². The molecule has 0 fully saturated rings. The maximum absolute atomic E-state index is 13.9. The molecule has 0 unspecified atom stereocenters. The minimum atomic E-state index is -0.799. The van der Waals surface area contributed by atoms with Crippen LogP contribution in [0.4, 0.5) is 4.39 Å². The van der Waals surface area contributed by atoms with Crippen molar-refractivity contribution in [1.82, 2.24) is 4.57 Å². The summed E-state index contributed by atoms with van der Waals surface area (Å²) in [5.74, 6) is 1.12. The van der Waals surface area contributed by atoms with Crippen LogP contribution in [0.5, 0.6) is 23.0 Å². The Morgan fingerprint density at radius 1 is 0.932 bits per heavy atom. The van der Waals surface area contributed by atoms with Crippen LogP contribution in [-0.4, -0.2) is 38.0 Å². The Balaban J connectivity index is 1.53. The summed E-state index contributed by atoms with van der Waals surface area (Å²) >= 11 is 1.20. The van der Waals surface area contributed by atoms with Crippen LogP contribution < -0.4 is 33.8 Å². The number of thiazole rings is 1. The Bertz CT molecular complexity index is 1880. The summed E-state index contributed by atoms with van der Waals surface area (Å²) in [6, 6.07) is 15.9. The SMILES string of the molecule is CCOc1ccc([C@@H]2C(C(=O)OC)=CN=c3s/c(=C\c4ccc(OCc5ccc(F)cc5)c(OC)c4)c(=O)n32)cc1OCC. The third kappa shape index (κ3) is 6.37. The van der Waals surface area contributed by atoms with Crippen molar-refractivity contribution in [3.63, 3.8) is 0 Å². The second kappa shape index (κ2) is 13.6. The number of carbonyl (C=O) groups excluding carboxylic acids is 1. The molecule has 5 rings (SSSR count). The van der Waals surface area contributed by atoms with Gasteiger partial charge >= 0.3 is 5.97 Å². The molecule has 0 saturated heterocycles. The Kier molecular flexibility index (Phi) is 9.44. The summed E-state index contributed by atoms with van der Waals surface area (Å²) in [4.78, 5) is 31.6. The number of esters is 1. The molecule has 0 aliphatic carbocycles. The molecule has 44 heavy (non-hydrogen) atoms. The van der Waals surface area contributed by atoms with E-state index in [4.69, 9.17) is 23.7 Å². The van der Waals surface area contributed by atoms with Crippen LogP contribution in [-0.2, 0) is 16.1 Å². The molecule has 1 aliphatic rings. The van der Waals surface area contributed by atoms with Crippen LogP contribution in [0.2, 0.25) is 0 Å². The third-order valence-corrected chi connectivity index (χ3v) is 7.80. The average molecular weight is 619 g/mol. The molecule has 0 N–H and O–H groups in total. The molecule has 0 radical (unpaired) electrons. The molecule has 0 amide bonds. The summed E-state index contributed by atoms with van der Waals surface area (Å²) in [5.41, 5.74) is 2.03. The topological polar surface area (TPSA) is 97.6 Å². The Labute approximate surface area is 257 Å². The van der Waals surface area contributed by atoms with Gasteiger partial charge in [-0.15, -0.1) is 0 Å². The van der Waals surface area contributed by atoms with Crippen molar-refractivity contribution in [2.45, 2.75) is 26.5 Å². The van der Waals surface area contributed by atoms with Gasteiger partial charge in [0.05, 0.1) is 43.6 Å². The lowest BCUT2D eigenvalue weighted by Gasteiger charge is -2.23. The number of hydrogen-bond donors (Lipinski definition) is 0. The standard InChI is InChI=1S/C33H31FN2O7S/c1-5-41-26-14-10-22(17-28(26)42-6-2)30-24(32(38)40-4)18-35-33-36(30)31(37)29(44-33)16-21-9-13-25(27(15-21)39-3)43-19-20-7-11-23(34)12-8-20/h7-18,30H,5-6,19H2,1-4H3/b29-16-/t30-/m1/s1. The highest BCUT2D eigenvalue weighted by Gasteiger charge is 2.31. The second-order valence-corrected chi connectivity index (χ2v) is 10.6. The van der Waals surface area contributed by atoms with Gasteiger partial charge < -0.3 is 23.7 Å². The minimum Gasteiger partial charge on any atom is -0.493 e. The van der Waals surface area contributed by atoms with Gasteiger partial charge in [-0.1, -0.05) is 35.6 Å². The van der Waals surface area contributed by atoms with E-state index in [1.165, 1.54) is 48.5 Å². The number of methoxy groups -OCH3 is 2. The smallest absolute Gasteiger partial charge is 0.337 e. The van der Waals surface area contributed by atoms with Crippen LogP contribution >= 0.6 is 11.3 Å². The van der Waals surface area contributed by atoms with Gasteiger partial charge in [-0.2, -0.15) is 0 Å². The van der Waals surface area contributed by atoms with Crippen molar-refractivity contribution in [3.8, 4) is 23.0 Å². The monoisotopic (exact) mass is 618 g/mol. The maximum atomic E-state index is 13.9. The first-order chi connectivity index (χ1) is 21.4. The first-order valence-corrected chi connectivity index (χ1v) is 14.7. The van der Waals surface area contributed by atoms with E-state index in [1.54, 1.807) is 54.6 Å². The lowest BCUT2D eigenvalue weighted by molar-refractivity contribution is -0.136. The fourth-order valence-corrected chi connectivity index (χ4v) is 5.74. The molecule has 228 valence electrons. The summed E-state index contributed by atoms with van der Waals surface area (Å²) in [6.45, 7) is 4.84. The number of aromatic nitrogens is 1. The van der Waals surface area contributed by atoms with Crippen LogP contribution in [0.1, 0.15) is 36.6 Å². The van der Waals surface area contributed by atoms with Crippen LogP contribution in [0, 0.1) is 5.82 Å². The van der Waals surface area contributed by atoms with Gasteiger partial charge in [0.25, 0.3) is 5.56 Å². The lowest BCUT2D eigenvalue weighted by atomic mass is 9.97. The van der Waals surface area contributed by atoms with E-state index in [1.807, 2.05) is 13.8 Å². The quantitative estimate of drug-likeness (QED) is 0.228. The van der Waals surface area contributed by atoms with Crippen LogP contribution in [0.3, 0.4) is 0 Å². The number of fused-ring (bicyclic) bond motifs is 1. The molecule has 1 atom stereocenters. The number of halogens is 1. The molecule has 4 aromatic rings.